The van der Waals surface area contributed by atoms with Crippen LogP contribution in [-0.2, 0) is 4.79 Å². The number of aromatic hydroxyl groups is 2. The van der Waals surface area contributed by atoms with Crippen molar-refractivity contribution in [3.63, 3.8) is 0 Å². The van der Waals surface area contributed by atoms with Crippen LogP contribution in [0.2, 0.25) is 0 Å². The van der Waals surface area contributed by atoms with Gasteiger partial charge in [0.25, 0.3) is 5.91 Å². The highest BCUT2D eigenvalue weighted by atomic mass is 16.5. The fraction of sp³-hybridized carbons (Fsp3) is 0.185. The minimum Gasteiger partial charge on any atom is -0.507 e. The number of hydrogen-bond donors (Lipinski definition) is 3. The van der Waals surface area contributed by atoms with Gasteiger partial charge < -0.3 is 25.2 Å². The van der Waals surface area contributed by atoms with Crippen LogP contribution in [0.4, 0.5) is 5.69 Å². The van der Waals surface area contributed by atoms with E-state index in [1.807, 2.05) is 55.4 Å². The van der Waals surface area contributed by atoms with E-state index in [9.17, 15) is 15.0 Å². The molecular weight excluding hydrogens is 430 g/mol. The molecule has 0 aromatic heterocycles. The molecule has 7 nitrogen and oxygen atoms in total. The number of likely N-dealkylation sites (N-methyl/N-ethyl adjacent to an activating group) is 1. The summed E-state index contributed by atoms with van der Waals surface area (Å²) in [5, 5.41) is 27.2. The summed E-state index contributed by atoms with van der Waals surface area (Å²) in [5.41, 5.74) is 0.892. The first kappa shape index (κ1) is 23.1. The van der Waals surface area contributed by atoms with Gasteiger partial charge in [0.1, 0.15) is 22.9 Å². The third kappa shape index (κ3) is 5.27. The number of phenolic OH excluding ortho intramolecular Hbond substituents is 2. The molecule has 174 valence electrons. The van der Waals surface area contributed by atoms with Crippen molar-refractivity contribution >= 4 is 39.4 Å². The lowest BCUT2D eigenvalue weighted by Crippen LogP contribution is -2.34. The normalized spacial score (nSPS) is 11.5. The highest BCUT2D eigenvalue weighted by molar-refractivity contribution is 6.04. The second kappa shape index (κ2) is 10.2. The van der Waals surface area contributed by atoms with Gasteiger partial charge in [0.05, 0.1) is 0 Å². The first-order chi connectivity index (χ1) is 16.4. The number of nitrogens with zero attached hydrogens (tertiary/aromatic N) is 2. The number of ether oxygens (including phenoxy) is 1. The molecule has 0 aliphatic carbocycles. The summed E-state index contributed by atoms with van der Waals surface area (Å²) in [6, 6.07) is 20.0. The smallest absolute Gasteiger partial charge is 0.257 e. The van der Waals surface area contributed by atoms with Crippen LogP contribution in [0.5, 0.6) is 17.2 Å². The second-order valence-electron chi connectivity index (χ2n) is 8.24. The molecule has 34 heavy (non-hydrogen) atoms. The number of amides is 1. The molecule has 0 aliphatic rings. The molecule has 0 aliphatic heterocycles. The maximum absolute atomic E-state index is 12.0. The van der Waals surface area contributed by atoms with Gasteiger partial charge in [-0.3, -0.25) is 9.79 Å². The van der Waals surface area contributed by atoms with E-state index in [0.29, 0.717) is 28.9 Å². The Labute approximate surface area is 197 Å². The molecule has 0 radical (unpaired) electrons. The molecule has 7 heteroatoms. The van der Waals surface area contributed by atoms with Crippen molar-refractivity contribution in [2.45, 2.75) is 0 Å². The van der Waals surface area contributed by atoms with Crippen LogP contribution >= 0.6 is 0 Å². The van der Waals surface area contributed by atoms with E-state index < -0.39 is 0 Å². The Morgan fingerprint density at radius 1 is 1.00 bits per heavy atom. The van der Waals surface area contributed by atoms with Gasteiger partial charge >= 0.3 is 0 Å². The first-order valence-electron chi connectivity index (χ1n) is 11.0. The average Bonchev–Trinajstić information content (AvgIpc) is 2.83. The van der Waals surface area contributed by atoms with Crippen molar-refractivity contribution in [3.05, 3.63) is 72.3 Å². The van der Waals surface area contributed by atoms with Gasteiger partial charge in [-0.25, -0.2) is 0 Å². The molecule has 1 amide bonds. The maximum atomic E-state index is 12.0. The predicted molar refractivity (Wildman–Crippen MR) is 136 cm³/mol. The quantitative estimate of drug-likeness (QED) is 0.345. The molecule has 4 aromatic carbocycles. The zero-order chi connectivity index (χ0) is 24.1. The molecule has 4 rings (SSSR count). The highest BCUT2D eigenvalue weighted by Crippen LogP contribution is 2.35. The molecular formula is C27H27N3O4. The molecule has 0 fully saturated rings. The largest absolute Gasteiger partial charge is 0.507 e. The third-order valence-electron chi connectivity index (χ3n) is 5.47. The number of rotatable bonds is 8. The SMILES string of the molecule is CN(C)CCNC(=O)COc1ccc2ccc(O)c(C=Nc3ccc4ccccc4c3O)c2c1. The monoisotopic (exact) mass is 457 g/mol. The van der Waals surface area contributed by atoms with Crippen LogP contribution in [0, 0.1) is 0 Å². The summed E-state index contributed by atoms with van der Waals surface area (Å²) in [6.45, 7) is 1.19. The Balaban J connectivity index is 1.57. The van der Waals surface area contributed by atoms with E-state index in [1.165, 1.54) is 6.21 Å². The first-order valence-corrected chi connectivity index (χ1v) is 11.0. The van der Waals surface area contributed by atoms with Crippen LogP contribution in [0.15, 0.2) is 71.7 Å². The Bertz CT molecular complexity index is 1370. The van der Waals surface area contributed by atoms with Crippen LogP contribution < -0.4 is 10.1 Å². The number of phenols is 2. The van der Waals surface area contributed by atoms with Crippen molar-refractivity contribution in [2.75, 3.05) is 33.8 Å². The van der Waals surface area contributed by atoms with Crippen molar-refractivity contribution < 1.29 is 19.7 Å². The molecule has 0 bridgehead atoms. The topological polar surface area (TPSA) is 94.4 Å². The van der Waals surface area contributed by atoms with Crippen LogP contribution in [0.3, 0.4) is 0 Å². The van der Waals surface area contributed by atoms with Crippen molar-refractivity contribution in [2.24, 2.45) is 4.99 Å². The summed E-state index contributed by atoms with van der Waals surface area (Å²) in [7, 11) is 3.88. The number of aliphatic imine (C=N–C) groups is 1. The zero-order valence-electron chi connectivity index (χ0n) is 19.2. The summed E-state index contributed by atoms with van der Waals surface area (Å²) in [6.07, 6.45) is 1.53. The minimum absolute atomic E-state index is 0.0510. The number of nitrogens with one attached hydrogen (secondary N) is 1. The van der Waals surface area contributed by atoms with Gasteiger partial charge in [0, 0.05) is 30.3 Å². The van der Waals surface area contributed by atoms with Gasteiger partial charge in [-0.1, -0.05) is 42.5 Å². The molecule has 0 spiro atoms. The van der Waals surface area contributed by atoms with E-state index in [0.717, 1.165) is 22.7 Å². The van der Waals surface area contributed by atoms with Gasteiger partial charge in [0.15, 0.2) is 6.61 Å². The Kier molecular flexibility index (Phi) is 6.94. The van der Waals surface area contributed by atoms with E-state index in [4.69, 9.17) is 4.74 Å². The molecule has 4 aromatic rings. The fourth-order valence-corrected chi connectivity index (χ4v) is 3.64. The summed E-state index contributed by atoms with van der Waals surface area (Å²) in [4.78, 5) is 18.5. The second-order valence-corrected chi connectivity index (χ2v) is 8.24. The maximum Gasteiger partial charge on any atom is 0.257 e. The van der Waals surface area contributed by atoms with Crippen molar-refractivity contribution in [1.82, 2.24) is 10.2 Å². The third-order valence-corrected chi connectivity index (χ3v) is 5.47. The van der Waals surface area contributed by atoms with Crippen molar-refractivity contribution in [3.8, 4) is 17.2 Å². The molecule has 0 unspecified atom stereocenters. The number of carbonyl (C=O) groups excluding carboxylic acids is 1. The Morgan fingerprint density at radius 3 is 2.56 bits per heavy atom. The number of hydrogen-bond acceptors (Lipinski definition) is 6. The van der Waals surface area contributed by atoms with Gasteiger partial charge in [-0.2, -0.15) is 0 Å². The van der Waals surface area contributed by atoms with Crippen LogP contribution in [0.1, 0.15) is 5.56 Å². The zero-order valence-corrected chi connectivity index (χ0v) is 19.2. The van der Waals surface area contributed by atoms with Crippen molar-refractivity contribution in [1.29, 1.82) is 0 Å². The van der Waals surface area contributed by atoms with Gasteiger partial charge in [-0.15, -0.1) is 0 Å². The molecule has 0 saturated carbocycles. The summed E-state index contributed by atoms with van der Waals surface area (Å²) in [5.74, 6) is 0.434. The van der Waals surface area contributed by atoms with E-state index in [-0.39, 0.29) is 24.0 Å². The predicted octanol–water partition coefficient (Wildman–Crippen LogP) is 4.21. The van der Waals surface area contributed by atoms with E-state index in [2.05, 4.69) is 10.3 Å². The number of fused-ring (bicyclic) bond motifs is 2. The summed E-state index contributed by atoms with van der Waals surface area (Å²) >= 11 is 0. The summed E-state index contributed by atoms with van der Waals surface area (Å²) < 4.78 is 5.67. The number of benzene rings is 4. The lowest BCUT2D eigenvalue weighted by Gasteiger charge is -2.12. The van der Waals surface area contributed by atoms with Gasteiger partial charge in [0.2, 0.25) is 0 Å². The highest BCUT2D eigenvalue weighted by Gasteiger charge is 2.10. The number of carbonyl (C=O) groups is 1. The molecule has 0 atom stereocenters. The van der Waals surface area contributed by atoms with Crippen LogP contribution in [0.25, 0.3) is 21.5 Å². The lowest BCUT2D eigenvalue weighted by molar-refractivity contribution is -0.123. The van der Waals surface area contributed by atoms with Crippen LogP contribution in [-0.4, -0.2) is 61.0 Å². The average molecular weight is 458 g/mol. The fourth-order valence-electron chi connectivity index (χ4n) is 3.64. The molecule has 0 saturated heterocycles. The Morgan fingerprint density at radius 2 is 1.74 bits per heavy atom. The van der Waals surface area contributed by atoms with Gasteiger partial charge in [-0.05, 0) is 54.5 Å². The minimum atomic E-state index is -0.202. The van der Waals surface area contributed by atoms with E-state index >= 15 is 0 Å². The standard InChI is InChI=1S/C27H27N3O4/c1-30(2)14-13-28-26(32)17-34-20-10-7-19-9-12-25(31)23(22(19)15-20)16-29-24-11-8-18-5-3-4-6-21(18)27(24)33/h3-12,15-16,31,33H,13-14,17H2,1-2H3,(H,28,32). The molecule has 3 N–H and O–H groups in total. The Hall–Kier alpha value is -4.10. The molecule has 0 heterocycles. The lowest BCUT2D eigenvalue weighted by atomic mass is 10.0. The van der Waals surface area contributed by atoms with E-state index in [1.54, 1.807) is 30.3 Å².